The highest BCUT2D eigenvalue weighted by molar-refractivity contribution is 6.31. The molecule has 2 N–H and O–H groups in total. The van der Waals surface area contributed by atoms with Crippen LogP contribution in [-0.2, 0) is 9.59 Å². The van der Waals surface area contributed by atoms with Crippen LogP contribution in [0.4, 0.5) is 0 Å². The Morgan fingerprint density at radius 2 is 2.00 bits per heavy atom. The number of hydrogen-bond acceptors (Lipinski definition) is 3. The van der Waals surface area contributed by atoms with Gasteiger partial charge in [-0.1, -0.05) is 29.8 Å². The third-order valence-corrected chi connectivity index (χ3v) is 4.40. The molecule has 1 atom stereocenters. The normalized spacial score (nSPS) is 17.9. The molecule has 0 saturated carbocycles. The molecule has 0 aromatic heterocycles. The second kappa shape index (κ2) is 7.61. The Morgan fingerprint density at radius 1 is 1.36 bits per heavy atom. The Balaban J connectivity index is 1.81. The van der Waals surface area contributed by atoms with Gasteiger partial charge >= 0.3 is 5.97 Å². The minimum Gasteiger partial charge on any atom is -0.481 e. The average molecular weight is 325 g/mol. The van der Waals surface area contributed by atoms with Crippen molar-refractivity contribution in [3.63, 3.8) is 0 Å². The number of amides is 1. The first-order valence-corrected chi connectivity index (χ1v) is 7.84. The van der Waals surface area contributed by atoms with Crippen molar-refractivity contribution >= 4 is 23.5 Å². The molecule has 1 aliphatic heterocycles. The standard InChI is InChI=1S/C16H21ClN2O3/c1-11(13-4-2-3-5-14(13)17)18-15(20)10-19-8-6-12(7-9-19)16(21)22/h2-5,11-12H,6-10H2,1H3,(H,18,20)(H,21,22). The number of carboxylic acids is 1. The highest BCUT2D eigenvalue weighted by Gasteiger charge is 2.25. The van der Waals surface area contributed by atoms with Crippen LogP contribution in [0.5, 0.6) is 0 Å². The SMILES string of the molecule is CC(NC(=O)CN1CCC(C(=O)O)CC1)c1ccccc1Cl. The van der Waals surface area contributed by atoms with Crippen LogP contribution in [0.15, 0.2) is 24.3 Å². The van der Waals surface area contributed by atoms with Crippen LogP contribution in [-0.4, -0.2) is 41.5 Å². The highest BCUT2D eigenvalue weighted by atomic mass is 35.5. The molecule has 1 aromatic carbocycles. The number of benzene rings is 1. The molecule has 0 radical (unpaired) electrons. The third kappa shape index (κ3) is 4.45. The summed E-state index contributed by atoms with van der Waals surface area (Å²) in [6.07, 6.45) is 1.20. The topological polar surface area (TPSA) is 69.6 Å². The third-order valence-electron chi connectivity index (χ3n) is 4.05. The van der Waals surface area contributed by atoms with Gasteiger partial charge in [0.05, 0.1) is 18.5 Å². The molecule has 0 spiro atoms. The van der Waals surface area contributed by atoms with E-state index in [0.717, 1.165) is 5.56 Å². The first kappa shape index (κ1) is 16.8. The Kier molecular flexibility index (Phi) is 5.80. The van der Waals surface area contributed by atoms with Crippen molar-refractivity contribution in [2.75, 3.05) is 19.6 Å². The average Bonchev–Trinajstić information content (AvgIpc) is 2.48. The van der Waals surface area contributed by atoms with Crippen molar-refractivity contribution in [3.05, 3.63) is 34.9 Å². The molecule has 0 bridgehead atoms. The number of piperidine rings is 1. The molecule has 0 aliphatic carbocycles. The predicted molar refractivity (Wildman–Crippen MR) is 84.8 cm³/mol. The number of carboxylic acid groups (broad SMARTS) is 1. The van der Waals surface area contributed by atoms with Crippen molar-refractivity contribution in [2.45, 2.75) is 25.8 Å². The molecular formula is C16H21ClN2O3. The second-order valence-electron chi connectivity index (χ2n) is 5.70. The predicted octanol–water partition coefficient (Wildman–Crippen LogP) is 2.31. The fourth-order valence-corrected chi connectivity index (χ4v) is 3.03. The molecule has 1 aromatic rings. The van der Waals surface area contributed by atoms with E-state index in [4.69, 9.17) is 16.7 Å². The van der Waals surface area contributed by atoms with Crippen LogP contribution in [0.1, 0.15) is 31.4 Å². The summed E-state index contributed by atoms with van der Waals surface area (Å²) in [6, 6.07) is 7.29. The first-order chi connectivity index (χ1) is 10.5. The van der Waals surface area contributed by atoms with Gasteiger partial charge in [-0.15, -0.1) is 0 Å². The Labute approximate surface area is 135 Å². The van der Waals surface area contributed by atoms with Gasteiger partial charge < -0.3 is 10.4 Å². The summed E-state index contributed by atoms with van der Waals surface area (Å²) in [5.41, 5.74) is 0.891. The lowest BCUT2D eigenvalue weighted by Crippen LogP contribution is -2.43. The molecule has 1 fully saturated rings. The number of carbonyl (C=O) groups is 2. The lowest BCUT2D eigenvalue weighted by Gasteiger charge is -2.29. The second-order valence-corrected chi connectivity index (χ2v) is 6.11. The molecule has 1 unspecified atom stereocenters. The number of hydrogen-bond donors (Lipinski definition) is 2. The molecular weight excluding hydrogens is 304 g/mol. The van der Waals surface area contributed by atoms with Gasteiger partial charge in [-0.25, -0.2) is 0 Å². The van der Waals surface area contributed by atoms with Gasteiger partial charge in [0.25, 0.3) is 0 Å². The van der Waals surface area contributed by atoms with Crippen molar-refractivity contribution in [2.24, 2.45) is 5.92 Å². The first-order valence-electron chi connectivity index (χ1n) is 7.46. The van der Waals surface area contributed by atoms with E-state index >= 15 is 0 Å². The molecule has 1 heterocycles. The maximum absolute atomic E-state index is 12.1. The number of halogens is 1. The van der Waals surface area contributed by atoms with E-state index in [-0.39, 0.29) is 17.9 Å². The van der Waals surface area contributed by atoms with Gasteiger partial charge in [-0.3, -0.25) is 14.5 Å². The number of nitrogens with one attached hydrogen (secondary N) is 1. The minimum absolute atomic E-state index is 0.0683. The molecule has 1 aliphatic rings. The van der Waals surface area contributed by atoms with Crippen LogP contribution in [0, 0.1) is 5.92 Å². The Hall–Kier alpha value is -1.59. The molecule has 2 rings (SSSR count). The smallest absolute Gasteiger partial charge is 0.306 e. The zero-order valence-electron chi connectivity index (χ0n) is 12.6. The lowest BCUT2D eigenvalue weighted by atomic mass is 9.97. The summed E-state index contributed by atoms with van der Waals surface area (Å²) in [7, 11) is 0. The molecule has 6 heteroatoms. The quantitative estimate of drug-likeness (QED) is 0.872. The largest absolute Gasteiger partial charge is 0.481 e. The van der Waals surface area contributed by atoms with E-state index in [2.05, 4.69) is 5.32 Å². The molecule has 1 saturated heterocycles. The van der Waals surface area contributed by atoms with Crippen LogP contribution >= 0.6 is 11.6 Å². The Morgan fingerprint density at radius 3 is 2.59 bits per heavy atom. The zero-order valence-corrected chi connectivity index (χ0v) is 13.3. The van der Waals surface area contributed by atoms with E-state index in [1.54, 1.807) is 6.07 Å². The molecule has 1 amide bonds. The summed E-state index contributed by atoms with van der Waals surface area (Å²) in [4.78, 5) is 25.0. The minimum atomic E-state index is -0.739. The van der Waals surface area contributed by atoms with Crippen molar-refractivity contribution < 1.29 is 14.7 Å². The van der Waals surface area contributed by atoms with Gasteiger partial charge in [-0.05, 0) is 44.5 Å². The van der Waals surface area contributed by atoms with E-state index in [1.807, 2.05) is 30.0 Å². The van der Waals surface area contributed by atoms with E-state index in [9.17, 15) is 9.59 Å². The van der Waals surface area contributed by atoms with Gasteiger partial charge in [0.1, 0.15) is 0 Å². The summed E-state index contributed by atoms with van der Waals surface area (Å²) >= 11 is 6.12. The Bertz CT molecular complexity index is 542. The van der Waals surface area contributed by atoms with Crippen molar-refractivity contribution in [1.29, 1.82) is 0 Å². The van der Waals surface area contributed by atoms with E-state index < -0.39 is 5.97 Å². The van der Waals surface area contributed by atoms with Gasteiger partial charge in [0.15, 0.2) is 0 Å². The summed E-state index contributed by atoms with van der Waals surface area (Å²) in [5, 5.41) is 12.5. The monoisotopic (exact) mass is 324 g/mol. The van der Waals surface area contributed by atoms with Gasteiger partial charge in [0, 0.05) is 5.02 Å². The molecule has 120 valence electrons. The maximum atomic E-state index is 12.1. The van der Waals surface area contributed by atoms with Crippen LogP contribution in [0.3, 0.4) is 0 Å². The highest BCUT2D eigenvalue weighted by Crippen LogP contribution is 2.22. The number of aliphatic carboxylic acids is 1. The summed E-state index contributed by atoms with van der Waals surface area (Å²) in [5.74, 6) is -1.08. The van der Waals surface area contributed by atoms with E-state index in [0.29, 0.717) is 37.5 Å². The van der Waals surface area contributed by atoms with Gasteiger partial charge in [-0.2, -0.15) is 0 Å². The summed E-state index contributed by atoms with van der Waals surface area (Å²) in [6.45, 7) is 3.48. The maximum Gasteiger partial charge on any atom is 0.306 e. The van der Waals surface area contributed by atoms with Crippen LogP contribution in [0.25, 0.3) is 0 Å². The van der Waals surface area contributed by atoms with Crippen molar-refractivity contribution in [3.8, 4) is 0 Å². The number of rotatable bonds is 5. The summed E-state index contributed by atoms with van der Waals surface area (Å²) < 4.78 is 0. The van der Waals surface area contributed by atoms with Crippen molar-refractivity contribution in [1.82, 2.24) is 10.2 Å². The number of likely N-dealkylation sites (tertiary alicyclic amines) is 1. The molecule has 22 heavy (non-hydrogen) atoms. The van der Waals surface area contributed by atoms with E-state index in [1.165, 1.54) is 0 Å². The van der Waals surface area contributed by atoms with Crippen LogP contribution in [0.2, 0.25) is 5.02 Å². The zero-order chi connectivity index (χ0) is 16.1. The number of nitrogens with zero attached hydrogens (tertiary/aromatic N) is 1. The fraction of sp³-hybridized carbons (Fsp3) is 0.500. The van der Waals surface area contributed by atoms with Crippen LogP contribution < -0.4 is 5.32 Å². The number of carbonyl (C=O) groups excluding carboxylic acids is 1. The van der Waals surface area contributed by atoms with Gasteiger partial charge in [0.2, 0.25) is 5.91 Å². The fourth-order valence-electron chi connectivity index (χ4n) is 2.73. The lowest BCUT2D eigenvalue weighted by molar-refractivity contribution is -0.143. The molecule has 5 nitrogen and oxygen atoms in total.